The largest absolute Gasteiger partial charge is 0.459 e. The van der Waals surface area contributed by atoms with Gasteiger partial charge in [0.15, 0.2) is 5.76 Å². The van der Waals surface area contributed by atoms with Gasteiger partial charge in [-0.15, -0.1) is 0 Å². The van der Waals surface area contributed by atoms with Gasteiger partial charge in [0, 0.05) is 5.56 Å². The van der Waals surface area contributed by atoms with Crippen LogP contribution in [-0.4, -0.2) is 10.1 Å². The molecule has 2 aromatic heterocycles. The Morgan fingerprint density at radius 3 is 2.83 bits per heavy atom. The number of nitrogens with zero attached hydrogens (tertiary/aromatic N) is 2. The number of halogens is 1. The van der Waals surface area contributed by atoms with E-state index in [0.717, 1.165) is 5.56 Å². The number of hydrogen-bond acceptors (Lipinski definition) is 4. The van der Waals surface area contributed by atoms with Gasteiger partial charge in [0.05, 0.1) is 6.26 Å². The first-order valence-corrected chi connectivity index (χ1v) is 4.10. The highest BCUT2D eigenvalue weighted by Crippen LogP contribution is 2.22. The topological polar surface area (TPSA) is 52.1 Å². The van der Waals surface area contributed by atoms with E-state index in [-0.39, 0.29) is 0 Å². The fourth-order valence-corrected chi connectivity index (χ4v) is 1.12. The molecule has 0 N–H and O–H groups in total. The monoisotopic (exact) mass is 228 g/mol. The maximum Gasteiger partial charge on any atom is 0.294 e. The third kappa shape index (κ3) is 1.16. The SMILES string of the molecule is Cc1ccoc1-c1nc(Br)no1. The molecule has 0 saturated heterocycles. The van der Waals surface area contributed by atoms with Crippen molar-refractivity contribution in [3.05, 3.63) is 22.6 Å². The Morgan fingerprint density at radius 1 is 1.50 bits per heavy atom. The first kappa shape index (κ1) is 7.54. The molecule has 0 unspecified atom stereocenters. The number of aromatic nitrogens is 2. The Morgan fingerprint density at radius 2 is 2.33 bits per heavy atom. The van der Waals surface area contributed by atoms with E-state index in [9.17, 15) is 0 Å². The van der Waals surface area contributed by atoms with Gasteiger partial charge in [0.2, 0.25) is 4.73 Å². The molecule has 0 aliphatic heterocycles. The Hall–Kier alpha value is -1.10. The molecule has 2 heterocycles. The van der Waals surface area contributed by atoms with E-state index in [0.29, 0.717) is 16.4 Å². The molecule has 0 aliphatic rings. The van der Waals surface area contributed by atoms with Gasteiger partial charge >= 0.3 is 0 Å². The smallest absolute Gasteiger partial charge is 0.294 e. The minimum Gasteiger partial charge on any atom is -0.459 e. The minimum absolute atomic E-state index is 0.393. The molecule has 0 fully saturated rings. The van der Waals surface area contributed by atoms with Crippen molar-refractivity contribution in [1.29, 1.82) is 0 Å². The second kappa shape index (κ2) is 2.75. The summed E-state index contributed by atoms with van der Waals surface area (Å²) in [6, 6.07) is 1.84. The molecule has 12 heavy (non-hydrogen) atoms. The number of hydrogen-bond donors (Lipinski definition) is 0. The quantitative estimate of drug-likeness (QED) is 0.753. The standard InChI is InChI=1S/C7H5BrN2O2/c1-4-2-3-11-5(4)6-9-7(8)10-12-6/h2-3H,1H3. The van der Waals surface area contributed by atoms with Crippen LogP contribution in [0.25, 0.3) is 11.7 Å². The molecule has 0 atom stereocenters. The third-order valence-electron chi connectivity index (χ3n) is 1.46. The molecule has 0 bridgehead atoms. The highest BCUT2D eigenvalue weighted by atomic mass is 79.9. The van der Waals surface area contributed by atoms with Crippen molar-refractivity contribution < 1.29 is 8.94 Å². The van der Waals surface area contributed by atoms with Crippen LogP contribution < -0.4 is 0 Å². The summed E-state index contributed by atoms with van der Waals surface area (Å²) in [5.41, 5.74) is 0.978. The van der Waals surface area contributed by atoms with Gasteiger partial charge in [-0.05, 0) is 34.1 Å². The molecule has 2 aromatic rings. The van der Waals surface area contributed by atoms with E-state index in [2.05, 4.69) is 26.1 Å². The van der Waals surface area contributed by atoms with Gasteiger partial charge in [-0.3, -0.25) is 0 Å². The highest BCUT2D eigenvalue weighted by molar-refractivity contribution is 9.10. The zero-order valence-electron chi connectivity index (χ0n) is 6.24. The summed E-state index contributed by atoms with van der Waals surface area (Å²) >= 11 is 3.08. The fraction of sp³-hybridized carbons (Fsp3) is 0.143. The van der Waals surface area contributed by atoms with E-state index < -0.39 is 0 Å². The molecule has 5 heteroatoms. The van der Waals surface area contributed by atoms with Gasteiger partial charge in [0.1, 0.15) is 0 Å². The van der Waals surface area contributed by atoms with Crippen molar-refractivity contribution in [3.8, 4) is 11.7 Å². The van der Waals surface area contributed by atoms with Gasteiger partial charge < -0.3 is 8.94 Å². The number of aryl methyl sites for hydroxylation is 1. The van der Waals surface area contributed by atoms with E-state index in [1.807, 2.05) is 13.0 Å². The zero-order chi connectivity index (χ0) is 8.55. The number of rotatable bonds is 1. The van der Waals surface area contributed by atoms with Crippen molar-refractivity contribution in [2.75, 3.05) is 0 Å². The molecule has 4 nitrogen and oxygen atoms in total. The van der Waals surface area contributed by atoms with Crippen LogP contribution in [0.15, 0.2) is 26.0 Å². The lowest BCUT2D eigenvalue weighted by Crippen LogP contribution is -1.75. The summed E-state index contributed by atoms with van der Waals surface area (Å²) < 4.78 is 10.5. The van der Waals surface area contributed by atoms with Crippen LogP contribution in [-0.2, 0) is 0 Å². The average molecular weight is 229 g/mol. The Bertz CT molecular complexity index is 394. The average Bonchev–Trinajstić information content (AvgIpc) is 2.58. The minimum atomic E-state index is 0.393. The van der Waals surface area contributed by atoms with Crippen LogP contribution in [0.1, 0.15) is 5.56 Å². The maximum atomic E-state index is 5.15. The van der Waals surface area contributed by atoms with Crippen LogP contribution in [0.4, 0.5) is 0 Å². The molecule has 0 aromatic carbocycles. The van der Waals surface area contributed by atoms with Crippen LogP contribution in [0.3, 0.4) is 0 Å². The maximum absolute atomic E-state index is 5.15. The highest BCUT2D eigenvalue weighted by Gasteiger charge is 2.12. The van der Waals surface area contributed by atoms with Crippen LogP contribution in [0.5, 0.6) is 0 Å². The first-order valence-electron chi connectivity index (χ1n) is 3.31. The molecule has 0 saturated carbocycles. The van der Waals surface area contributed by atoms with Gasteiger partial charge in [-0.25, -0.2) is 0 Å². The lowest BCUT2D eigenvalue weighted by molar-refractivity contribution is 0.411. The summed E-state index contributed by atoms with van der Waals surface area (Å²) in [7, 11) is 0. The van der Waals surface area contributed by atoms with E-state index in [1.165, 1.54) is 0 Å². The second-order valence-corrected chi connectivity index (χ2v) is 3.01. The van der Waals surface area contributed by atoms with E-state index in [4.69, 9.17) is 8.94 Å². The predicted molar refractivity (Wildman–Crippen MR) is 44.4 cm³/mol. The second-order valence-electron chi connectivity index (χ2n) is 2.30. The molecular formula is C7H5BrN2O2. The Labute approximate surface area is 76.7 Å². The van der Waals surface area contributed by atoms with Gasteiger partial charge in [-0.2, -0.15) is 4.98 Å². The molecule has 2 rings (SSSR count). The summed E-state index contributed by atoms with van der Waals surface area (Å²) in [6.45, 7) is 1.91. The lowest BCUT2D eigenvalue weighted by Gasteiger charge is -1.86. The molecule has 0 spiro atoms. The molecule has 62 valence electrons. The van der Waals surface area contributed by atoms with Crippen molar-refractivity contribution in [3.63, 3.8) is 0 Å². The molecular weight excluding hydrogens is 224 g/mol. The van der Waals surface area contributed by atoms with Crippen molar-refractivity contribution in [1.82, 2.24) is 10.1 Å². The van der Waals surface area contributed by atoms with Crippen LogP contribution in [0.2, 0.25) is 0 Å². The summed E-state index contributed by atoms with van der Waals surface area (Å²) in [5.74, 6) is 1.01. The van der Waals surface area contributed by atoms with Crippen molar-refractivity contribution >= 4 is 15.9 Å². The van der Waals surface area contributed by atoms with Crippen molar-refractivity contribution in [2.24, 2.45) is 0 Å². The summed E-state index contributed by atoms with van der Waals surface area (Å²) in [4.78, 5) is 3.96. The summed E-state index contributed by atoms with van der Waals surface area (Å²) in [5, 5.41) is 3.58. The van der Waals surface area contributed by atoms with Crippen LogP contribution in [0, 0.1) is 6.92 Å². The van der Waals surface area contributed by atoms with Gasteiger partial charge in [-0.1, -0.05) is 0 Å². The molecule has 0 amide bonds. The zero-order valence-corrected chi connectivity index (χ0v) is 7.83. The number of furan rings is 1. The van der Waals surface area contributed by atoms with E-state index >= 15 is 0 Å². The Balaban J connectivity index is 2.50. The summed E-state index contributed by atoms with van der Waals surface area (Å²) in [6.07, 6.45) is 1.59. The fourth-order valence-electron chi connectivity index (χ4n) is 0.890. The van der Waals surface area contributed by atoms with Crippen molar-refractivity contribution in [2.45, 2.75) is 6.92 Å². The predicted octanol–water partition coefficient (Wildman–Crippen LogP) is 2.40. The molecule has 0 radical (unpaired) electrons. The first-order chi connectivity index (χ1) is 5.77. The lowest BCUT2D eigenvalue weighted by atomic mass is 10.3. The normalized spacial score (nSPS) is 10.5. The third-order valence-corrected chi connectivity index (χ3v) is 1.78. The molecule has 0 aliphatic carbocycles. The Kier molecular flexibility index (Phi) is 1.73. The van der Waals surface area contributed by atoms with Gasteiger partial charge in [0.25, 0.3) is 5.89 Å². The van der Waals surface area contributed by atoms with E-state index in [1.54, 1.807) is 6.26 Å². The van der Waals surface area contributed by atoms with Crippen LogP contribution >= 0.6 is 15.9 Å².